The van der Waals surface area contributed by atoms with E-state index in [1.807, 2.05) is 18.2 Å². The topological polar surface area (TPSA) is 74.4 Å². The van der Waals surface area contributed by atoms with E-state index in [1.54, 1.807) is 0 Å². The Labute approximate surface area is 88.2 Å². The maximum absolute atomic E-state index is 10.5. The zero-order valence-electron chi connectivity index (χ0n) is 8.60. The molecule has 0 aliphatic carbocycles. The van der Waals surface area contributed by atoms with Crippen molar-refractivity contribution < 1.29 is 14.4 Å². The minimum absolute atomic E-state index is 0.279. The van der Waals surface area contributed by atoms with Crippen LogP contribution in [-0.2, 0) is 27.4 Å². The SMILES string of the molecule is CC(=O)OCCc1cccc(CON)n1. The molecule has 1 rings (SSSR count). The van der Waals surface area contributed by atoms with E-state index in [0.717, 1.165) is 11.4 Å². The summed E-state index contributed by atoms with van der Waals surface area (Å²) >= 11 is 0. The van der Waals surface area contributed by atoms with Gasteiger partial charge in [-0.15, -0.1) is 0 Å². The molecule has 0 amide bonds. The van der Waals surface area contributed by atoms with Crippen LogP contribution in [0, 0.1) is 0 Å². The molecule has 0 aliphatic rings. The summed E-state index contributed by atoms with van der Waals surface area (Å²) in [5.74, 6) is 4.66. The molecule has 5 heteroatoms. The average molecular weight is 210 g/mol. The van der Waals surface area contributed by atoms with Gasteiger partial charge in [-0.25, -0.2) is 5.90 Å². The van der Waals surface area contributed by atoms with Gasteiger partial charge in [0, 0.05) is 19.0 Å². The van der Waals surface area contributed by atoms with Crippen LogP contribution < -0.4 is 5.90 Å². The van der Waals surface area contributed by atoms with Crippen molar-refractivity contribution in [1.82, 2.24) is 4.98 Å². The molecule has 0 atom stereocenters. The Balaban J connectivity index is 2.46. The third-order valence-corrected chi connectivity index (χ3v) is 1.76. The molecular formula is C10H14N2O3. The van der Waals surface area contributed by atoms with E-state index in [0.29, 0.717) is 13.0 Å². The van der Waals surface area contributed by atoms with Crippen LogP contribution in [0.15, 0.2) is 18.2 Å². The molecule has 0 spiro atoms. The molecule has 1 aromatic heterocycles. The summed E-state index contributed by atoms with van der Waals surface area (Å²) in [4.78, 5) is 19.3. The van der Waals surface area contributed by atoms with Crippen LogP contribution in [0.5, 0.6) is 0 Å². The molecule has 1 aromatic rings. The molecule has 2 N–H and O–H groups in total. The minimum Gasteiger partial charge on any atom is -0.465 e. The van der Waals surface area contributed by atoms with Gasteiger partial charge in [0.1, 0.15) is 6.61 Å². The highest BCUT2D eigenvalue weighted by Crippen LogP contribution is 2.01. The Morgan fingerprint density at radius 3 is 2.87 bits per heavy atom. The van der Waals surface area contributed by atoms with Crippen molar-refractivity contribution in [3.05, 3.63) is 29.6 Å². The first-order valence-corrected chi connectivity index (χ1v) is 4.62. The van der Waals surface area contributed by atoms with Crippen molar-refractivity contribution >= 4 is 5.97 Å². The van der Waals surface area contributed by atoms with Gasteiger partial charge in [-0.2, -0.15) is 0 Å². The summed E-state index contributed by atoms with van der Waals surface area (Å²) in [6, 6.07) is 5.55. The maximum Gasteiger partial charge on any atom is 0.302 e. The van der Waals surface area contributed by atoms with Crippen molar-refractivity contribution in [3.8, 4) is 0 Å². The third kappa shape index (κ3) is 4.53. The van der Waals surface area contributed by atoms with E-state index in [4.69, 9.17) is 10.6 Å². The zero-order valence-corrected chi connectivity index (χ0v) is 8.60. The Morgan fingerprint density at radius 1 is 1.47 bits per heavy atom. The van der Waals surface area contributed by atoms with Gasteiger partial charge in [0.2, 0.25) is 0 Å². The molecule has 0 fully saturated rings. The monoisotopic (exact) mass is 210 g/mol. The van der Waals surface area contributed by atoms with Gasteiger partial charge in [-0.1, -0.05) is 6.07 Å². The quantitative estimate of drug-likeness (QED) is 0.568. The van der Waals surface area contributed by atoms with Gasteiger partial charge < -0.3 is 4.74 Å². The van der Waals surface area contributed by atoms with Crippen LogP contribution in [0.25, 0.3) is 0 Å². The third-order valence-electron chi connectivity index (χ3n) is 1.76. The van der Waals surface area contributed by atoms with E-state index in [2.05, 4.69) is 9.82 Å². The number of rotatable bonds is 5. The van der Waals surface area contributed by atoms with Crippen molar-refractivity contribution in [3.63, 3.8) is 0 Å². The van der Waals surface area contributed by atoms with Gasteiger partial charge in [0.15, 0.2) is 0 Å². The number of carbonyl (C=O) groups excluding carboxylic acids is 1. The molecule has 0 saturated carbocycles. The van der Waals surface area contributed by atoms with Crippen LogP contribution >= 0.6 is 0 Å². The maximum atomic E-state index is 10.5. The van der Waals surface area contributed by atoms with Crippen molar-refractivity contribution in [1.29, 1.82) is 0 Å². The number of aromatic nitrogens is 1. The predicted octanol–water partition coefficient (Wildman–Crippen LogP) is 0.578. The second-order valence-electron chi connectivity index (χ2n) is 3.02. The lowest BCUT2D eigenvalue weighted by molar-refractivity contribution is -0.140. The Kier molecular flexibility index (Phi) is 4.73. The minimum atomic E-state index is -0.281. The lowest BCUT2D eigenvalue weighted by atomic mass is 10.2. The number of pyridine rings is 1. The number of carbonyl (C=O) groups is 1. The fraction of sp³-hybridized carbons (Fsp3) is 0.400. The molecule has 1 heterocycles. The van der Waals surface area contributed by atoms with E-state index in [1.165, 1.54) is 6.92 Å². The Morgan fingerprint density at radius 2 is 2.20 bits per heavy atom. The normalized spacial score (nSPS) is 10.0. The first-order chi connectivity index (χ1) is 7.22. The average Bonchev–Trinajstić information content (AvgIpc) is 2.18. The van der Waals surface area contributed by atoms with Crippen molar-refractivity contribution in [2.75, 3.05) is 6.61 Å². The summed E-state index contributed by atoms with van der Waals surface area (Å²) < 4.78 is 4.81. The number of nitrogens with zero attached hydrogens (tertiary/aromatic N) is 1. The first kappa shape index (κ1) is 11.6. The highest BCUT2D eigenvalue weighted by atomic mass is 16.6. The predicted molar refractivity (Wildman–Crippen MR) is 53.6 cm³/mol. The molecule has 0 aliphatic heterocycles. The van der Waals surface area contributed by atoms with E-state index < -0.39 is 0 Å². The first-order valence-electron chi connectivity index (χ1n) is 4.62. The van der Waals surface area contributed by atoms with Crippen LogP contribution in [0.4, 0.5) is 0 Å². The highest BCUT2D eigenvalue weighted by molar-refractivity contribution is 5.65. The van der Waals surface area contributed by atoms with Gasteiger partial charge in [0.25, 0.3) is 0 Å². The van der Waals surface area contributed by atoms with E-state index >= 15 is 0 Å². The molecule has 15 heavy (non-hydrogen) atoms. The molecule has 0 radical (unpaired) electrons. The second kappa shape index (κ2) is 6.10. The number of ether oxygens (including phenoxy) is 1. The number of hydrogen-bond acceptors (Lipinski definition) is 5. The summed E-state index contributed by atoms with van der Waals surface area (Å²) in [5, 5.41) is 0. The second-order valence-corrected chi connectivity index (χ2v) is 3.02. The summed E-state index contributed by atoms with van der Waals surface area (Å²) in [6.07, 6.45) is 0.595. The molecule has 0 saturated heterocycles. The number of hydrogen-bond donors (Lipinski definition) is 1. The fourth-order valence-corrected chi connectivity index (χ4v) is 1.13. The van der Waals surface area contributed by atoms with Gasteiger partial charge in [-0.3, -0.25) is 14.6 Å². The van der Waals surface area contributed by atoms with Crippen LogP contribution in [0.3, 0.4) is 0 Å². The zero-order chi connectivity index (χ0) is 11.1. The number of esters is 1. The standard InChI is InChI=1S/C10H14N2O3/c1-8(13)14-6-5-9-3-2-4-10(12-9)7-15-11/h2-4H,5-7,11H2,1H3. The Bertz CT molecular complexity index is 328. The van der Waals surface area contributed by atoms with Gasteiger partial charge in [0.05, 0.1) is 12.3 Å². The largest absolute Gasteiger partial charge is 0.465 e. The molecule has 0 aromatic carbocycles. The highest BCUT2D eigenvalue weighted by Gasteiger charge is 1.99. The van der Waals surface area contributed by atoms with Crippen LogP contribution in [-0.4, -0.2) is 17.6 Å². The van der Waals surface area contributed by atoms with Crippen LogP contribution in [0.2, 0.25) is 0 Å². The number of nitrogens with two attached hydrogens (primary N) is 1. The Hall–Kier alpha value is -1.46. The van der Waals surface area contributed by atoms with Gasteiger partial charge in [-0.05, 0) is 12.1 Å². The van der Waals surface area contributed by atoms with Crippen molar-refractivity contribution in [2.45, 2.75) is 20.0 Å². The van der Waals surface area contributed by atoms with Gasteiger partial charge >= 0.3 is 5.97 Å². The molecule has 0 bridgehead atoms. The fourth-order valence-electron chi connectivity index (χ4n) is 1.13. The van der Waals surface area contributed by atoms with E-state index in [-0.39, 0.29) is 12.6 Å². The molecule has 0 unspecified atom stereocenters. The molecule has 5 nitrogen and oxygen atoms in total. The van der Waals surface area contributed by atoms with Crippen LogP contribution in [0.1, 0.15) is 18.3 Å². The van der Waals surface area contributed by atoms with E-state index in [9.17, 15) is 4.79 Å². The lowest BCUT2D eigenvalue weighted by Gasteiger charge is -2.03. The summed E-state index contributed by atoms with van der Waals surface area (Å²) in [5.41, 5.74) is 1.61. The summed E-state index contributed by atoms with van der Waals surface area (Å²) in [6.45, 7) is 2.00. The molecular weight excluding hydrogens is 196 g/mol. The van der Waals surface area contributed by atoms with Crippen molar-refractivity contribution in [2.24, 2.45) is 5.90 Å². The summed E-state index contributed by atoms with van der Waals surface area (Å²) in [7, 11) is 0. The smallest absolute Gasteiger partial charge is 0.302 e. The molecule has 82 valence electrons. The lowest BCUT2D eigenvalue weighted by Crippen LogP contribution is -2.06.